The lowest BCUT2D eigenvalue weighted by molar-refractivity contribution is -0.147. The number of nitrogens with two attached hydrogens (primary N) is 1. The third kappa shape index (κ3) is 18.2. The molecular weight excluding hydrogens is 949 g/mol. The Balaban J connectivity index is 1.64. The average molecular weight is 1030 g/mol. The Kier molecular flexibility index (Phi) is 23.8. The Morgan fingerprint density at radius 2 is 1.40 bits per heavy atom. The molecule has 3 saturated heterocycles. The monoisotopic (exact) mass is 1030 g/mol. The second-order valence-corrected chi connectivity index (χ2v) is 20.8. The average Bonchev–Trinajstić information content (AvgIpc) is 3.87. The van der Waals surface area contributed by atoms with Crippen LogP contribution < -0.4 is 32.3 Å². The lowest BCUT2D eigenvalue weighted by Gasteiger charge is -2.33. The molecule has 1 aromatic rings. The first kappa shape index (κ1) is 60.1. The number of phenolic OH excluding ortho intramolecular Hbond substituents is 1. The van der Waals surface area contributed by atoms with Crippen LogP contribution in [0.25, 0.3) is 0 Å². The highest BCUT2D eigenvalue weighted by atomic mass is 16.3. The number of unbranched alkanes of at least 4 members (excludes halogenated alkanes) is 5. The predicted molar refractivity (Wildman–Crippen MR) is 266 cm³/mol. The number of hydrogen-bond donors (Lipinski definition) is 12. The number of nitrogens with zero attached hydrogens (tertiary/aromatic N) is 2. The van der Waals surface area contributed by atoms with Crippen molar-refractivity contribution in [1.29, 1.82) is 0 Å². The number of aromatic hydroxyl groups is 1. The first-order valence-electron chi connectivity index (χ1n) is 26.1. The van der Waals surface area contributed by atoms with Crippen LogP contribution in [0.3, 0.4) is 0 Å². The molecule has 3 aliphatic rings. The lowest BCUT2D eigenvalue weighted by Crippen LogP contribution is -2.62. The van der Waals surface area contributed by atoms with Crippen molar-refractivity contribution in [2.75, 3.05) is 13.1 Å². The van der Waals surface area contributed by atoms with E-state index in [1.807, 2.05) is 0 Å². The molecule has 13 N–H and O–H groups in total. The number of aliphatic hydroxyl groups is 5. The molecule has 3 aliphatic heterocycles. The molecule has 0 aliphatic carbocycles. The summed E-state index contributed by atoms with van der Waals surface area (Å²) in [6, 6.07) is -4.04. The number of aryl methyl sites for hydroxylation is 1. The Hall–Kier alpha value is -5.42. The second-order valence-electron chi connectivity index (χ2n) is 20.8. The van der Waals surface area contributed by atoms with E-state index in [0.717, 1.165) is 41.9 Å². The topological polar surface area (TPSA) is 351 Å². The summed E-state index contributed by atoms with van der Waals surface area (Å²) >= 11 is 0. The first-order chi connectivity index (χ1) is 34.5. The third-order valence-electron chi connectivity index (χ3n) is 14.4. The van der Waals surface area contributed by atoms with Crippen LogP contribution >= 0.6 is 0 Å². The summed E-state index contributed by atoms with van der Waals surface area (Å²) in [6.45, 7) is 8.77. The van der Waals surface area contributed by atoms with E-state index in [1.165, 1.54) is 45.2 Å². The highest BCUT2D eigenvalue weighted by molar-refractivity contribution is 5.98. The quantitative estimate of drug-likeness (QED) is 0.0732. The number of hydrogen-bond acceptors (Lipinski definition) is 14. The molecule has 3 fully saturated rings. The summed E-state index contributed by atoms with van der Waals surface area (Å²) in [5.74, 6) is -7.20. The van der Waals surface area contributed by atoms with Crippen LogP contribution in [0, 0.1) is 17.8 Å². The number of nitrogens with one attached hydrogen (secondary N) is 5. The second kappa shape index (κ2) is 28.9. The van der Waals surface area contributed by atoms with Gasteiger partial charge in [-0.2, -0.15) is 0 Å². The van der Waals surface area contributed by atoms with Gasteiger partial charge in [0.25, 0.3) is 0 Å². The van der Waals surface area contributed by atoms with E-state index in [4.69, 9.17) is 5.73 Å². The van der Waals surface area contributed by atoms with Crippen LogP contribution in [-0.4, -0.2) is 168 Å². The molecule has 4 rings (SSSR count). The van der Waals surface area contributed by atoms with Gasteiger partial charge in [0.05, 0.1) is 30.8 Å². The summed E-state index contributed by atoms with van der Waals surface area (Å²) < 4.78 is 0. The van der Waals surface area contributed by atoms with Crippen molar-refractivity contribution in [2.24, 2.45) is 23.5 Å². The number of benzene rings is 1. The van der Waals surface area contributed by atoms with Gasteiger partial charge in [-0.05, 0) is 75.0 Å². The predicted octanol–water partition coefficient (Wildman–Crippen LogP) is -0.528. The van der Waals surface area contributed by atoms with E-state index >= 15 is 0 Å². The minimum absolute atomic E-state index is 0.0419. The van der Waals surface area contributed by atoms with Crippen molar-refractivity contribution < 1.29 is 69.0 Å². The number of fused-ring (bicyclic) bond motifs is 2. The number of carbonyl (C=O) groups is 8. The molecule has 22 heteroatoms. The number of phenols is 1. The lowest BCUT2D eigenvalue weighted by atomic mass is 9.91. The molecule has 14 unspecified atom stereocenters. The van der Waals surface area contributed by atoms with E-state index in [0.29, 0.717) is 23.8 Å². The van der Waals surface area contributed by atoms with Gasteiger partial charge in [0, 0.05) is 31.8 Å². The summed E-state index contributed by atoms with van der Waals surface area (Å²) in [7, 11) is 0. The SMILES string of the molecule is CCC(C)CC(C)CCCCCCCCC(=O)NC1CCC(O)NC(=O)C2C(O)C(C)CN2C(=O)C(C(O)CC(N)=O)NC(=O)C(CCc2ccc(O)cc2)NC(=O)C2CC(O)CN2C(=O)C(C(C)O)NC1=O. The molecule has 0 spiro atoms. The Labute approximate surface area is 428 Å². The zero-order valence-corrected chi connectivity index (χ0v) is 43.0. The van der Waals surface area contributed by atoms with Gasteiger partial charge in [0.1, 0.15) is 48.2 Å². The fourth-order valence-electron chi connectivity index (χ4n) is 9.91. The molecule has 14 atom stereocenters. The van der Waals surface area contributed by atoms with Gasteiger partial charge in [0.2, 0.25) is 47.3 Å². The van der Waals surface area contributed by atoms with Gasteiger partial charge < -0.3 is 72.8 Å². The van der Waals surface area contributed by atoms with Gasteiger partial charge in [-0.3, -0.25) is 38.4 Å². The van der Waals surface area contributed by atoms with Gasteiger partial charge in [0.15, 0.2) is 0 Å². The largest absolute Gasteiger partial charge is 0.508 e. The van der Waals surface area contributed by atoms with Crippen LogP contribution in [0.2, 0.25) is 0 Å². The van der Waals surface area contributed by atoms with E-state index in [2.05, 4.69) is 47.4 Å². The standard InChI is InChI=1S/C51H82N8O14/c1-6-28(2)23-29(3)13-11-9-7-8-10-12-14-40(65)53-35-21-22-41(66)55-49(71)44-45(67)30(4)26-59(44)51(73)43(38(63)25-39(52)64)57-47(69)36(20-17-32-15-18-33(61)19-16-32)54-48(70)37-24-34(62)27-58(37)50(72)42(31(5)60)56-46(35)68/h15-16,18-19,28-31,34-38,41-45,60-63,66-67H,6-14,17,20-27H2,1-5H3,(H2,52,64)(H,53,65)(H,54,70)(H,55,71)(H,56,68)(H,57,69). The van der Waals surface area contributed by atoms with Gasteiger partial charge in [-0.25, -0.2) is 0 Å². The van der Waals surface area contributed by atoms with Crippen LogP contribution in [0.4, 0.5) is 0 Å². The number of carbonyl (C=O) groups excluding carboxylic acids is 8. The van der Waals surface area contributed by atoms with Gasteiger partial charge in [-0.1, -0.05) is 84.8 Å². The highest BCUT2D eigenvalue weighted by Crippen LogP contribution is 2.27. The Morgan fingerprint density at radius 3 is 2.04 bits per heavy atom. The summed E-state index contributed by atoms with van der Waals surface area (Å²) in [6.07, 6.45) is -1.24. The molecule has 0 aromatic heterocycles. The third-order valence-corrected chi connectivity index (χ3v) is 14.4. The van der Waals surface area contributed by atoms with Crippen molar-refractivity contribution >= 4 is 47.3 Å². The van der Waals surface area contributed by atoms with Crippen molar-refractivity contribution in [3.8, 4) is 5.75 Å². The molecule has 1 aromatic carbocycles. The fourth-order valence-corrected chi connectivity index (χ4v) is 9.91. The molecule has 73 heavy (non-hydrogen) atoms. The van der Waals surface area contributed by atoms with E-state index < -0.39 is 139 Å². The molecule has 0 bridgehead atoms. The molecule has 3 heterocycles. The molecule has 8 amide bonds. The van der Waals surface area contributed by atoms with Gasteiger partial charge in [-0.15, -0.1) is 0 Å². The number of primary amides is 1. The van der Waals surface area contributed by atoms with E-state index in [9.17, 15) is 69.0 Å². The van der Waals surface area contributed by atoms with Gasteiger partial charge >= 0.3 is 0 Å². The Morgan fingerprint density at radius 1 is 0.767 bits per heavy atom. The zero-order valence-electron chi connectivity index (χ0n) is 43.0. The molecule has 0 saturated carbocycles. The summed E-state index contributed by atoms with van der Waals surface area (Å²) in [5, 5.41) is 77.8. The highest BCUT2D eigenvalue weighted by Gasteiger charge is 2.49. The fraction of sp³-hybridized carbons (Fsp3) is 0.725. The van der Waals surface area contributed by atoms with Crippen LogP contribution in [-0.2, 0) is 44.8 Å². The maximum atomic E-state index is 14.5. The van der Waals surface area contributed by atoms with Crippen molar-refractivity contribution in [1.82, 2.24) is 36.4 Å². The van der Waals surface area contributed by atoms with Crippen LogP contribution in [0.15, 0.2) is 24.3 Å². The Bertz CT molecular complexity index is 2030. The number of amides is 8. The van der Waals surface area contributed by atoms with E-state index in [-0.39, 0.29) is 44.4 Å². The number of rotatable bonds is 20. The smallest absolute Gasteiger partial charge is 0.248 e. The minimum atomic E-state index is -2.00. The maximum absolute atomic E-state index is 14.5. The van der Waals surface area contributed by atoms with Crippen molar-refractivity contribution in [2.45, 2.75) is 204 Å². The van der Waals surface area contributed by atoms with Crippen molar-refractivity contribution in [3.05, 3.63) is 29.8 Å². The van der Waals surface area contributed by atoms with E-state index in [1.54, 1.807) is 12.1 Å². The summed E-state index contributed by atoms with van der Waals surface area (Å²) in [4.78, 5) is 113. The van der Waals surface area contributed by atoms with Crippen LogP contribution in [0.1, 0.15) is 136 Å². The first-order valence-corrected chi connectivity index (χ1v) is 26.1. The molecule has 0 radical (unpaired) electrons. The number of aliphatic hydroxyl groups excluding tert-OH is 5. The normalized spacial score (nSPS) is 28.6. The molecule has 22 nitrogen and oxygen atoms in total. The minimum Gasteiger partial charge on any atom is -0.508 e. The van der Waals surface area contributed by atoms with Crippen molar-refractivity contribution in [3.63, 3.8) is 0 Å². The maximum Gasteiger partial charge on any atom is 0.248 e. The molecule has 410 valence electrons. The zero-order chi connectivity index (χ0) is 54.1. The molecular formula is C51H82N8O14. The van der Waals surface area contributed by atoms with Crippen LogP contribution in [0.5, 0.6) is 5.75 Å². The summed E-state index contributed by atoms with van der Waals surface area (Å²) in [5.41, 5.74) is 5.98.